The lowest BCUT2D eigenvalue weighted by molar-refractivity contribution is -0.125. The molecule has 0 radical (unpaired) electrons. The lowest BCUT2D eigenvalue weighted by Crippen LogP contribution is -2.50. The van der Waals surface area contributed by atoms with Gasteiger partial charge >= 0.3 is 0 Å². The van der Waals surface area contributed by atoms with Gasteiger partial charge in [-0.05, 0) is 50.2 Å². The van der Waals surface area contributed by atoms with Gasteiger partial charge in [0.1, 0.15) is 6.61 Å². The Kier molecular flexibility index (Phi) is 7.33. The van der Waals surface area contributed by atoms with Crippen LogP contribution in [-0.4, -0.2) is 73.6 Å². The Bertz CT molecular complexity index is 1030. The van der Waals surface area contributed by atoms with E-state index in [-0.39, 0.29) is 42.5 Å². The largest absolute Gasteiger partial charge is 0.370 e. The maximum Gasteiger partial charge on any atom is 0.261 e. The Balaban J connectivity index is 1.43. The van der Waals surface area contributed by atoms with Gasteiger partial charge in [0.05, 0.1) is 27.9 Å². The second kappa shape index (κ2) is 10.2. The van der Waals surface area contributed by atoms with Crippen LogP contribution in [0.3, 0.4) is 0 Å². The Morgan fingerprint density at radius 1 is 1.06 bits per heavy atom. The predicted octanol–water partition coefficient (Wildman–Crippen LogP) is 2.39. The molecule has 10 heteroatoms. The summed E-state index contributed by atoms with van der Waals surface area (Å²) in [5, 5.41) is 6.14. The molecule has 2 aliphatic heterocycles. The van der Waals surface area contributed by atoms with E-state index in [1.54, 1.807) is 41.3 Å². The number of amides is 3. The standard InChI is InChI=1S/C23H27ClN4O4S/c1-14(2)27-11-17(18(12-27)26-23(31)19-7-8-20(24)33-19)25-22(30)15-3-5-16(6-4-15)28-9-10-32-13-21(28)29/h3-8,14,17-18H,9-13H2,1-2H3,(H,25,30)(H,26,31)/t17-,18-/m1/s1. The van der Waals surface area contributed by atoms with Gasteiger partial charge in [-0.3, -0.25) is 19.3 Å². The first-order valence-corrected chi connectivity index (χ1v) is 12.1. The van der Waals surface area contributed by atoms with Crippen molar-refractivity contribution in [3.05, 3.63) is 51.2 Å². The monoisotopic (exact) mass is 490 g/mol. The summed E-state index contributed by atoms with van der Waals surface area (Å²) >= 11 is 7.19. The first-order chi connectivity index (χ1) is 15.8. The molecule has 2 N–H and O–H groups in total. The van der Waals surface area contributed by atoms with E-state index < -0.39 is 0 Å². The van der Waals surface area contributed by atoms with Crippen molar-refractivity contribution < 1.29 is 19.1 Å². The van der Waals surface area contributed by atoms with Crippen molar-refractivity contribution in [3.8, 4) is 0 Å². The molecule has 33 heavy (non-hydrogen) atoms. The van der Waals surface area contributed by atoms with Crippen LogP contribution >= 0.6 is 22.9 Å². The number of thiophene rings is 1. The number of morpholine rings is 1. The van der Waals surface area contributed by atoms with E-state index >= 15 is 0 Å². The number of ether oxygens (including phenoxy) is 1. The number of benzene rings is 1. The number of rotatable bonds is 6. The average molecular weight is 491 g/mol. The molecule has 3 amide bonds. The lowest BCUT2D eigenvalue weighted by atomic mass is 10.1. The molecule has 1 aromatic carbocycles. The number of carbonyl (C=O) groups is 3. The molecular weight excluding hydrogens is 464 g/mol. The molecule has 1 aromatic heterocycles. The first-order valence-electron chi connectivity index (χ1n) is 10.9. The fourth-order valence-corrected chi connectivity index (χ4v) is 5.01. The normalized spacial score (nSPS) is 21.5. The highest BCUT2D eigenvalue weighted by molar-refractivity contribution is 7.18. The fraction of sp³-hybridized carbons (Fsp3) is 0.435. The number of halogens is 1. The van der Waals surface area contributed by atoms with E-state index in [9.17, 15) is 14.4 Å². The molecule has 3 heterocycles. The van der Waals surface area contributed by atoms with Crippen molar-refractivity contribution in [1.82, 2.24) is 15.5 Å². The van der Waals surface area contributed by atoms with E-state index in [1.807, 2.05) is 0 Å². The van der Waals surface area contributed by atoms with Gasteiger partial charge in [0.25, 0.3) is 17.7 Å². The summed E-state index contributed by atoms with van der Waals surface area (Å²) in [6.45, 7) is 6.52. The predicted molar refractivity (Wildman–Crippen MR) is 128 cm³/mol. The van der Waals surface area contributed by atoms with E-state index in [0.29, 0.717) is 41.0 Å². The molecule has 2 aliphatic rings. The summed E-state index contributed by atoms with van der Waals surface area (Å²) in [5.74, 6) is -0.506. The van der Waals surface area contributed by atoms with Gasteiger partial charge in [0.15, 0.2) is 0 Å². The lowest BCUT2D eigenvalue weighted by Gasteiger charge is -2.27. The molecule has 2 aromatic rings. The van der Waals surface area contributed by atoms with Gasteiger partial charge in [-0.1, -0.05) is 11.6 Å². The molecule has 2 atom stereocenters. The number of nitrogens with zero attached hydrogens (tertiary/aromatic N) is 2. The van der Waals surface area contributed by atoms with Crippen molar-refractivity contribution in [2.45, 2.75) is 32.0 Å². The summed E-state index contributed by atoms with van der Waals surface area (Å²) in [4.78, 5) is 42.1. The zero-order valence-corrected chi connectivity index (χ0v) is 20.1. The minimum Gasteiger partial charge on any atom is -0.370 e. The van der Waals surface area contributed by atoms with Crippen LogP contribution in [0.1, 0.15) is 33.9 Å². The van der Waals surface area contributed by atoms with Gasteiger partial charge in [0.2, 0.25) is 0 Å². The second-order valence-corrected chi connectivity index (χ2v) is 10.2. The van der Waals surface area contributed by atoms with Crippen molar-refractivity contribution in [1.29, 1.82) is 0 Å². The highest BCUT2D eigenvalue weighted by Crippen LogP contribution is 2.23. The molecule has 4 rings (SSSR count). The summed E-state index contributed by atoms with van der Waals surface area (Å²) in [7, 11) is 0. The highest BCUT2D eigenvalue weighted by atomic mass is 35.5. The quantitative estimate of drug-likeness (QED) is 0.648. The van der Waals surface area contributed by atoms with Crippen LogP contribution < -0.4 is 15.5 Å². The van der Waals surface area contributed by atoms with E-state index in [2.05, 4.69) is 29.4 Å². The summed E-state index contributed by atoms with van der Waals surface area (Å²) in [5.41, 5.74) is 1.24. The van der Waals surface area contributed by atoms with Crippen LogP contribution in [0.4, 0.5) is 5.69 Å². The molecule has 0 aliphatic carbocycles. The van der Waals surface area contributed by atoms with Crippen LogP contribution in [0.2, 0.25) is 4.34 Å². The van der Waals surface area contributed by atoms with Gasteiger partial charge in [-0.2, -0.15) is 0 Å². The number of anilines is 1. The second-order valence-electron chi connectivity index (χ2n) is 8.46. The highest BCUT2D eigenvalue weighted by Gasteiger charge is 2.36. The zero-order chi connectivity index (χ0) is 23.5. The van der Waals surface area contributed by atoms with Crippen molar-refractivity contribution in [3.63, 3.8) is 0 Å². The molecular formula is C23H27ClN4O4S. The summed E-state index contributed by atoms with van der Waals surface area (Å²) in [6, 6.07) is 10.2. The van der Waals surface area contributed by atoms with E-state index in [0.717, 1.165) is 5.69 Å². The fourth-order valence-electron chi connectivity index (χ4n) is 4.06. The van der Waals surface area contributed by atoms with Gasteiger partial charge < -0.3 is 20.3 Å². The number of nitrogens with one attached hydrogen (secondary N) is 2. The minimum atomic E-state index is -0.236. The summed E-state index contributed by atoms with van der Waals surface area (Å²) in [6.07, 6.45) is 0. The molecule has 0 saturated carbocycles. The smallest absolute Gasteiger partial charge is 0.261 e. The third kappa shape index (κ3) is 5.55. The summed E-state index contributed by atoms with van der Waals surface area (Å²) < 4.78 is 5.72. The number of carbonyl (C=O) groups excluding carboxylic acids is 3. The Labute approximate surface area is 201 Å². The van der Waals surface area contributed by atoms with Crippen molar-refractivity contribution >= 4 is 46.3 Å². The van der Waals surface area contributed by atoms with Crippen LogP contribution in [0.5, 0.6) is 0 Å². The molecule has 2 fully saturated rings. The van der Waals surface area contributed by atoms with Gasteiger partial charge in [-0.15, -0.1) is 11.3 Å². The molecule has 0 unspecified atom stereocenters. The van der Waals surface area contributed by atoms with Gasteiger partial charge in [0, 0.05) is 36.9 Å². The topological polar surface area (TPSA) is 91.0 Å². The van der Waals surface area contributed by atoms with E-state index in [4.69, 9.17) is 16.3 Å². The maximum atomic E-state index is 13.0. The molecule has 0 spiro atoms. The average Bonchev–Trinajstić information content (AvgIpc) is 3.41. The van der Waals surface area contributed by atoms with Crippen molar-refractivity contribution in [2.75, 3.05) is 37.7 Å². The van der Waals surface area contributed by atoms with Crippen molar-refractivity contribution in [2.24, 2.45) is 0 Å². The molecule has 2 saturated heterocycles. The van der Waals surface area contributed by atoms with Crippen LogP contribution in [-0.2, 0) is 9.53 Å². The number of hydrogen-bond donors (Lipinski definition) is 2. The number of hydrogen-bond acceptors (Lipinski definition) is 6. The van der Waals surface area contributed by atoms with Gasteiger partial charge in [-0.25, -0.2) is 0 Å². The van der Waals surface area contributed by atoms with Crippen LogP contribution in [0.25, 0.3) is 0 Å². The third-order valence-corrected chi connectivity index (χ3v) is 7.17. The number of likely N-dealkylation sites (tertiary alicyclic amines) is 1. The zero-order valence-electron chi connectivity index (χ0n) is 18.5. The Morgan fingerprint density at radius 3 is 2.30 bits per heavy atom. The van der Waals surface area contributed by atoms with Crippen LogP contribution in [0.15, 0.2) is 36.4 Å². The van der Waals surface area contributed by atoms with E-state index in [1.165, 1.54) is 11.3 Å². The van der Waals surface area contributed by atoms with Crippen LogP contribution in [0, 0.1) is 0 Å². The maximum absolute atomic E-state index is 13.0. The minimum absolute atomic E-state index is 0.0705. The Morgan fingerprint density at radius 2 is 1.73 bits per heavy atom. The molecule has 176 valence electrons. The third-order valence-electron chi connectivity index (χ3n) is 5.94. The molecule has 8 nitrogen and oxygen atoms in total. The Hall–Kier alpha value is -2.46. The molecule has 0 bridgehead atoms. The SMILES string of the molecule is CC(C)N1C[C@@H](NC(=O)c2ccc(N3CCOCC3=O)cc2)[C@H](NC(=O)c2ccc(Cl)s2)C1. The first kappa shape index (κ1) is 23.7.